The van der Waals surface area contributed by atoms with Crippen molar-refractivity contribution in [2.75, 3.05) is 19.4 Å². The average molecular weight is 292 g/mol. The summed E-state index contributed by atoms with van der Waals surface area (Å²) < 4.78 is 23.9. The number of rotatable bonds is 6. The van der Waals surface area contributed by atoms with Crippen molar-refractivity contribution in [2.24, 2.45) is 4.99 Å². The van der Waals surface area contributed by atoms with Crippen molar-refractivity contribution in [1.82, 2.24) is 0 Å². The van der Waals surface area contributed by atoms with Crippen LogP contribution in [-0.4, -0.2) is 39.5 Å². The summed E-state index contributed by atoms with van der Waals surface area (Å²) in [6.45, 7) is 0.403. The highest BCUT2D eigenvalue weighted by molar-refractivity contribution is 7.79. The van der Waals surface area contributed by atoms with Gasteiger partial charge in [-0.15, -0.1) is 0 Å². The number of hydrogen-bond donors (Lipinski definition) is 2. The Balaban J connectivity index is 2.69. The van der Waals surface area contributed by atoms with Crippen molar-refractivity contribution in [3.05, 3.63) is 22.7 Å². The van der Waals surface area contributed by atoms with Crippen molar-refractivity contribution >= 4 is 28.9 Å². The normalized spacial score (nSPS) is 12.8. The Morgan fingerprint density at radius 2 is 2.28 bits per heavy atom. The summed E-state index contributed by atoms with van der Waals surface area (Å²) in [6.07, 6.45) is 1.96. The van der Waals surface area contributed by atoms with Crippen molar-refractivity contribution in [3.63, 3.8) is 0 Å². The highest BCUT2D eigenvalue weighted by atomic mass is 35.5. The molecule has 100 valence electrons. The minimum atomic E-state index is -1.79. The van der Waals surface area contributed by atoms with Gasteiger partial charge in [0.15, 0.2) is 22.6 Å². The van der Waals surface area contributed by atoms with Crippen LogP contribution in [-0.2, 0) is 11.1 Å². The molecule has 0 aromatic heterocycles. The molecule has 0 aliphatic carbocycles. The molecule has 0 amide bonds. The van der Waals surface area contributed by atoms with Gasteiger partial charge in [-0.05, 0) is 12.5 Å². The standard InChI is InChI=1S/C11H14ClNO4S/c1-17-10-6-9(12)5-8(11(10)14)7-13-3-2-4-18(15)16/h5-7,14H,2-4H2,1H3,(H,15,16). The Kier molecular flexibility index (Phi) is 6.11. The summed E-state index contributed by atoms with van der Waals surface area (Å²) in [5.41, 5.74) is 0.449. The average Bonchev–Trinajstić information content (AvgIpc) is 2.32. The molecule has 0 aliphatic rings. The van der Waals surface area contributed by atoms with E-state index in [9.17, 15) is 9.32 Å². The van der Waals surface area contributed by atoms with E-state index < -0.39 is 11.1 Å². The van der Waals surface area contributed by atoms with Crippen LogP contribution in [0, 0.1) is 0 Å². The predicted molar refractivity (Wildman–Crippen MR) is 72.4 cm³/mol. The molecule has 0 saturated carbocycles. The first-order chi connectivity index (χ1) is 8.54. The molecule has 1 aromatic carbocycles. The molecule has 1 atom stereocenters. The molecule has 0 heterocycles. The molecular formula is C11H14ClNO4S. The molecule has 2 N–H and O–H groups in total. The van der Waals surface area contributed by atoms with Crippen molar-refractivity contribution in [1.29, 1.82) is 0 Å². The van der Waals surface area contributed by atoms with E-state index in [-0.39, 0.29) is 17.3 Å². The molecule has 0 spiro atoms. The minimum absolute atomic E-state index is 0.0311. The highest BCUT2D eigenvalue weighted by Crippen LogP contribution is 2.32. The molecule has 0 saturated heterocycles. The summed E-state index contributed by atoms with van der Waals surface area (Å²) >= 11 is 4.07. The second-order valence-corrected chi connectivity index (χ2v) is 4.95. The zero-order chi connectivity index (χ0) is 13.5. The third-order valence-electron chi connectivity index (χ3n) is 2.13. The van der Waals surface area contributed by atoms with E-state index in [4.69, 9.17) is 20.9 Å². The largest absolute Gasteiger partial charge is 0.504 e. The Morgan fingerprint density at radius 1 is 1.56 bits per heavy atom. The lowest BCUT2D eigenvalue weighted by Gasteiger charge is -2.06. The van der Waals surface area contributed by atoms with E-state index in [1.807, 2.05) is 0 Å². The molecule has 7 heteroatoms. The number of phenolic OH excluding ortho intramolecular Hbond substituents is 1. The second kappa shape index (κ2) is 7.35. The van der Waals surface area contributed by atoms with E-state index in [0.29, 0.717) is 23.6 Å². The number of halogens is 1. The number of phenols is 1. The van der Waals surface area contributed by atoms with Gasteiger partial charge >= 0.3 is 0 Å². The van der Waals surface area contributed by atoms with Crippen molar-refractivity contribution < 1.29 is 18.6 Å². The van der Waals surface area contributed by atoms with Gasteiger partial charge in [0.05, 0.1) is 12.9 Å². The molecule has 5 nitrogen and oxygen atoms in total. The lowest BCUT2D eigenvalue weighted by Crippen LogP contribution is -1.97. The monoisotopic (exact) mass is 291 g/mol. The van der Waals surface area contributed by atoms with Gasteiger partial charge in [-0.1, -0.05) is 11.6 Å². The lowest BCUT2D eigenvalue weighted by atomic mass is 10.2. The molecule has 0 aliphatic heterocycles. The number of hydrogen-bond acceptors (Lipinski definition) is 4. The highest BCUT2D eigenvalue weighted by Gasteiger charge is 2.07. The number of benzene rings is 1. The number of aromatic hydroxyl groups is 1. The minimum Gasteiger partial charge on any atom is -0.504 e. The van der Waals surface area contributed by atoms with E-state index in [1.165, 1.54) is 19.4 Å². The van der Waals surface area contributed by atoms with Crippen molar-refractivity contribution in [2.45, 2.75) is 6.42 Å². The van der Waals surface area contributed by atoms with Crippen LogP contribution in [0.5, 0.6) is 11.5 Å². The van der Waals surface area contributed by atoms with Gasteiger partial charge < -0.3 is 14.4 Å². The van der Waals surface area contributed by atoms with Crippen LogP contribution >= 0.6 is 11.6 Å². The van der Waals surface area contributed by atoms with Crippen LogP contribution in [0.1, 0.15) is 12.0 Å². The first-order valence-electron chi connectivity index (χ1n) is 5.18. The maximum Gasteiger partial charge on any atom is 0.166 e. The Labute approximate surface area is 113 Å². The number of aliphatic imine (C=N–C) groups is 1. The van der Waals surface area contributed by atoms with Gasteiger partial charge in [0.2, 0.25) is 0 Å². The molecule has 1 rings (SSSR count). The summed E-state index contributed by atoms with van der Waals surface area (Å²) in [4.78, 5) is 4.05. The second-order valence-electron chi connectivity index (χ2n) is 3.46. The number of ether oxygens (including phenoxy) is 1. The fourth-order valence-corrected chi connectivity index (χ4v) is 1.88. The summed E-state index contributed by atoms with van der Waals surface area (Å²) in [5, 5.41) is 10.2. The predicted octanol–water partition coefficient (Wildman–Crippen LogP) is 2.08. The quantitative estimate of drug-likeness (QED) is 0.478. The van der Waals surface area contributed by atoms with E-state index in [2.05, 4.69) is 4.99 Å². The Hall–Kier alpha value is -1.11. The topological polar surface area (TPSA) is 79.1 Å². The van der Waals surface area contributed by atoms with Gasteiger partial charge in [0.1, 0.15) is 0 Å². The summed E-state index contributed by atoms with van der Waals surface area (Å²) in [5.74, 6) is 0.430. The smallest absolute Gasteiger partial charge is 0.166 e. The third kappa shape index (κ3) is 4.64. The van der Waals surface area contributed by atoms with E-state index in [1.54, 1.807) is 6.07 Å². The van der Waals surface area contributed by atoms with Gasteiger partial charge in [0.25, 0.3) is 0 Å². The molecule has 0 bridgehead atoms. The summed E-state index contributed by atoms with van der Waals surface area (Å²) in [6, 6.07) is 3.07. The van der Waals surface area contributed by atoms with Gasteiger partial charge in [-0.25, -0.2) is 4.21 Å². The van der Waals surface area contributed by atoms with Crippen LogP contribution in [0.25, 0.3) is 0 Å². The Bertz CT molecular complexity index is 465. The molecule has 0 radical (unpaired) electrons. The number of nitrogens with zero attached hydrogens (tertiary/aromatic N) is 1. The van der Waals surface area contributed by atoms with E-state index in [0.717, 1.165) is 0 Å². The maximum atomic E-state index is 10.4. The molecule has 1 unspecified atom stereocenters. The Morgan fingerprint density at radius 3 is 2.89 bits per heavy atom. The number of methoxy groups -OCH3 is 1. The van der Waals surface area contributed by atoms with Crippen LogP contribution < -0.4 is 4.74 Å². The van der Waals surface area contributed by atoms with Crippen LogP contribution in [0.15, 0.2) is 17.1 Å². The fourth-order valence-electron chi connectivity index (χ4n) is 1.29. The van der Waals surface area contributed by atoms with Crippen LogP contribution in [0.3, 0.4) is 0 Å². The molecule has 18 heavy (non-hydrogen) atoms. The molecule has 1 aromatic rings. The third-order valence-corrected chi connectivity index (χ3v) is 2.98. The fraction of sp³-hybridized carbons (Fsp3) is 0.364. The van der Waals surface area contributed by atoms with Crippen molar-refractivity contribution in [3.8, 4) is 11.5 Å². The SMILES string of the molecule is COc1cc(Cl)cc(C=NCCCS(=O)O)c1O. The van der Waals surface area contributed by atoms with Crippen LogP contribution in [0.4, 0.5) is 0 Å². The maximum absolute atomic E-state index is 10.4. The molecule has 0 fully saturated rings. The first kappa shape index (κ1) is 14.9. The summed E-state index contributed by atoms with van der Waals surface area (Å²) in [7, 11) is 1.43. The zero-order valence-corrected chi connectivity index (χ0v) is 11.4. The first-order valence-corrected chi connectivity index (χ1v) is 6.83. The van der Waals surface area contributed by atoms with E-state index >= 15 is 0 Å². The van der Waals surface area contributed by atoms with Crippen LogP contribution in [0.2, 0.25) is 5.02 Å². The van der Waals surface area contributed by atoms with Gasteiger partial charge in [-0.3, -0.25) is 4.99 Å². The van der Waals surface area contributed by atoms with Gasteiger partial charge in [-0.2, -0.15) is 0 Å². The lowest BCUT2D eigenvalue weighted by molar-refractivity contribution is 0.373. The molecular weight excluding hydrogens is 278 g/mol. The van der Waals surface area contributed by atoms with Gasteiger partial charge in [0, 0.05) is 29.4 Å². The zero-order valence-electron chi connectivity index (χ0n) is 9.80.